The van der Waals surface area contributed by atoms with Crippen LogP contribution in [0, 0.1) is 0 Å². The fraction of sp³-hybridized carbons (Fsp3) is 0.467. The van der Waals surface area contributed by atoms with E-state index in [0.29, 0.717) is 11.4 Å². The molecule has 122 valence electrons. The second-order valence-electron chi connectivity index (χ2n) is 4.79. The number of hydrogen-bond donors (Lipinski definition) is 3. The quantitative estimate of drug-likeness (QED) is 0.664. The van der Waals surface area contributed by atoms with E-state index < -0.39 is 6.10 Å². The summed E-state index contributed by atoms with van der Waals surface area (Å²) < 4.78 is 10.0. The second-order valence-corrected chi connectivity index (χ2v) is 4.79. The van der Waals surface area contributed by atoms with Gasteiger partial charge in [-0.1, -0.05) is 6.07 Å². The monoisotopic (exact) mass is 309 g/mol. The van der Waals surface area contributed by atoms with Gasteiger partial charge >= 0.3 is 0 Å². The maximum absolute atomic E-state index is 11.9. The summed E-state index contributed by atoms with van der Waals surface area (Å²) in [7, 11) is 2.97. The minimum Gasteiger partial charge on any atom is -0.380 e. The van der Waals surface area contributed by atoms with Crippen LogP contribution in [0.4, 0.5) is 11.4 Å². The van der Waals surface area contributed by atoms with E-state index in [1.54, 1.807) is 31.2 Å². The van der Waals surface area contributed by atoms with E-state index >= 15 is 0 Å². The lowest BCUT2D eigenvalue weighted by Crippen LogP contribution is -2.28. The maximum Gasteiger partial charge on any atom is 0.253 e. The molecule has 0 aliphatic carbocycles. The van der Waals surface area contributed by atoms with Crippen molar-refractivity contribution in [1.29, 1.82) is 0 Å². The van der Waals surface area contributed by atoms with E-state index in [9.17, 15) is 9.59 Å². The Morgan fingerprint density at radius 2 is 1.82 bits per heavy atom. The number of hydrogen-bond acceptors (Lipinski definition) is 5. The first-order valence-corrected chi connectivity index (χ1v) is 6.96. The van der Waals surface area contributed by atoms with Crippen molar-refractivity contribution in [3.05, 3.63) is 24.3 Å². The van der Waals surface area contributed by atoms with Crippen molar-refractivity contribution >= 4 is 23.2 Å². The Morgan fingerprint density at radius 3 is 2.36 bits per heavy atom. The molecule has 0 spiro atoms. The van der Waals surface area contributed by atoms with Gasteiger partial charge in [0.15, 0.2) is 0 Å². The molecule has 2 unspecified atom stereocenters. The van der Waals surface area contributed by atoms with Crippen LogP contribution in [-0.4, -0.2) is 44.8 Å². The first-order valence-electron chi connectivity index (χ1n) is 6.96. The Morgan fingerprint density at radius 1 is 1.18 bits per heavy atom. The van der Waals surface area contributed by atoms with Crippen molar-refractivity contribution in [2.45, 2.75) is 25.6 Å². The number of nitrogens with one attached hydrogen (secondary N) is 2. The molecule has 7 nitrogen and oxygen atoms in total. The molecule has 1 rings (SSSR count). The predicted octanol–water partition coefficient (Wildman–Crippen LogP) is 0.962. The van der Waals surface area contributed by atoms with Crippen molar-refractivity contribution in [2.24, 2.45) is 5.73 Å². The summed E-state index contributed by atoms with van der Waals surface area (Å²) in [6.07, 6.45) is -0.694. The molecule has 0 aliphatic rings. The zero-order valence-electron chi connectivity index (χ0n) is 13.1. The second kappa shape index (κ2) is 9.14. The van der Waals surface area contributed by atoms with E-state index in [1.807, 2.05) is 0 Å². The smallest absolute Gasteiger partial charge is 0.253 e. The van der Waals surface area contributed by atoms with Crippen molar-refractivity contribution in [1.82, 2.24) is 0 Å². The van der Waals surface area contributed by atoms with Gasteiger partial charge < -0.3 is 25.8 Å². The summed E-state index contributed by atoms with van der Waals surface area (Å²) in [6.45, 7) is 1.92. The van der Waals surface area contributed by atoms with E-state index in [-0.39, 0.29) is 30.9 Å². The molecule has 0 aliphatic heterocycles. The summed E-state index contributed by atoms with van der Waals surface area (Å²) in [5.41, 5.74) is 6.64. The average Bonchev–Trinajstić information content (AvgIpc) is 2.51. The molecule has 22 heavy (non-hydrogen) atoms. The maximum atomic E-state index is 11.9. The molecule has 2 amide bonds. The van der Waals surface area contributed by atoms with Crippen LogP contribution in [0.3, 0.4) is 0 Å². The third kappa shape index (κ3) is 5.80. The fourth-order valence-corrected chi connectivity index (χ4v) is 1.71. The summed E-state index contributed by atoms with van der Waals surface area (Å²) in [5, 5.41) is 5.45. The lowest BCUT2D eigenvalue weighted by molar-refractivity contribution is -0.124. The summed E-state index contributed by atoms with van der Waals surface area (Å²) in [6, 6.07) is 6.87. The first-order chi connectivity index (χ1) is 10.5. The zero-order chi connectivity index (χ0) is 16.5. The highest BCUT2D eigenvalue weighted by Gasteiger charge is 2.13. The fourth-order valence-electron chi connectivity index (χ4n) is 1.71. The summed E-state index contributed by atoms with van der Waals surface area (Å²) in [4.78, 5) is 23.6. The van der Waals surface area contributed by atoms with Crippen molar-refractivity contribution in [3.8, 4) is 0 Å². The Bertz CT molecular complexity index is 503. The van der Waals surface area contributed by atoms with Gasteiger partial charge in [0.2, 0.25) is 5.91 Å². The third-order valence-corrected chi connectivity index (χ3v) is 3.15. The van der Waals surface area contributed by atoms with Gasteiger partial charge in [-0.15, -0.1) is 0 Å². The van der Waals surface area contributed by atoms with E-state index in [0.717, 1.165) is 0 Å². The Hall–Kier alpha value is -1.96. The lowest BCUT2D eigenvalue weighted by Gasteiger charge is -2.14. The van der Waals surface area contributed by atoms with Gasteiger partial charge in [0, 0.05) is 32.1 Å². The highest BCUT2D eigenvalue weighted by Crippen LogP contribution is 2.16. The number of benzene rings is 1. The van der Waals surface area contributed by atoms with Gasteiger partial charge in [-0.05, 0) is 25.1 Å². The van der Waals surface area contributed by atoms with Crippen LogP contribution in [0.25, 0.3) is 0 Å². The van der Waals surface area contributed by atoms with Gasteiger partial charge in [-0.3, -0.25) is 9.59 Å². The average molecular weight is 309 g/mol. The molecular formula is C15H23N3O4. The van der Waals surface area contributed by atoms with Gasteiger partial charge in [0.25, 0.3) is 5.91 Å². The molecule has 0 bridgehead atoms. The third-order valence-electron chi connectivity index (χ3n) is 3.15. The van der Waals surface area contributed by atoms with Gasteiger partial charge in [-0.2, -0.15) is 0 Å². The topological polar surface area (TPSA) is 103 Å². The van der Waals surface area contributed by atoms with Crippen LogP contribution in [0.15, 0.2) is 24.3 Å². The van der Waals surface area contributed by atoms with Crippen molar-refractivity contribution in [3.63, 3.8) is 0 Å². The van der Waals surface area contributed by atoms with Crippen LogP contribution in [0.2, 0.25) is 0 Å². The lowest BCUT2D eigenvalue weighted by atomic mass is 10.2. The molecule has 7 heteroatoms. The largest absolute Gasteiger partial charge is 0.380 e. The first kappa shape index (κ1) is 18.1. The number of carbonyl (C=O) groups is 2. The highest BCUT2D eigenvalue weighted by atomic mass is 16.5. The minimum atomic E-state index is -0.551. The number of ether oxygens (including phenoxy) is 2. The number of anilines is 2. The number of rotatable bonds is 8. The van der Waals surface area contributed by atoms with Crippen molar-refractivity contribution in [2.75, 3.05) is 31.4 Å². The summed E-state index contributed by atoms with van der Waals surface area (Å²) in [5.74, 6) is -0.459. The standard InChI is InChI=1S/C15H23N3O4/c1-10(21-2)15(20)18-12-6-4-5-11(7-12)17-14(19)8-13(9-16)22-3/h4-7,10,13H,8-9,16H2,1-3H3,(H,17,19)(H,18,20). The number of methoxy groups -OCH3 is 2. The summed E-state index contributed by atoms with van der Waals surface area (Å²) >= 11 is 0. The molecule has 0 saturated heterocycles. The normalized spacial score (nSPS) is 13.3. The van der Waals surface area contributed by atoms with Crippen LogP contribution >= 0.6 is 0 Å². The molecule has 0 heterocycles. The molecule has 0 saturated carbocycles. The molecule has 1 aromatic rings. The molecule has 4 N–H and O–H groups in total. The molecule has 1 aromatic carbocycles. The van der Waals surface area contributed by atoms with Crippen LogP contribution in [0.1, 0.15) is 13.3 Å². The Kier molecular flexibility index (Phi) is 7.51. The molecule has 0 radical (unpaired) electrons. The number of nitrogens with two attached hydrogens (primary N) is 1. The van der Waals surface area contributed by atoms with Gasteiger partial charge in [0.1, 0.15) is 6.10 Å². The molecular weight excluding hydrogens is 286 g/mol. The van der Waals surface area contributed by atoms with Crippen LogP contribution < -0.4 is 16.4 Å². The van der Waals surface area contributed by atoms with E-state index in [4.69, 9.17) is 15.2 Å². The van der Waals surface area contributed by atoms with Crippen LogP contribution in [0.5, 0.6) is 0 Å². The van der Waals surface area contributed by atoms with Crippen molar-refractivity contribution < 1.29 is 19.1 Å². The Labute approximate surface area is 130 Å². The molecule has 0 fully saturated rings. The van der Waals surface area contributed by atoms with Crippen LogP contribution in [-0.2, 0) is 19.1 Å². The minimum absolute atomic E-state index is 0.171. The van der Waals surface area contributed by atoms with Gasteiger partial charge in [-0.25, -0.2) is 0 Å². The number of amides is 2. The molecule has 0 aromatic heterocycles. The SMILES string of the molecule is COC(CN)CC(=O)Nc1cccc(NC(=O)C(C)OC)c1. The molecule has 2 atom stereocenters. The number of carbonyl (C=O) groups excluding carboxylic acids is 2. The highest BCUT2D eigenvalue weighted by molar-refractivity contribution is 5.95. The predicted molar refractivity (Wildman–Crippen MR) is 84.6 cm³/mol. The van der Waals surface area contributed by atoms with E-state index in [2.05, 4.69) is 10.6 Å². The van der Waals surface area contributed by atoms with Gasteiger partial charge in [0.05, 0.1) is 12.5 Å². The Balaban J connectivity index is 2.64. The van der Waals surface area contributed by atoms with E-state index in [1.165, 1.54) is 14.2 Å². The zero-order valence-corrected chi connectivity index (χ0v) is 13.1.